The van der Waals surface area contributed by atoms with Gasteiger partial charge in [0.15, 0.2) is 11.6 Å². The van der Waals surface area contributed by atoms with Crippen molar-refractivity contribution in [1.29, 1.82) is 0 Å². The van der Waals surface area contributed by atoms with E-state index in [2.05, 4.69) is 15.9 Å². The lowest BCUT2D eigenvalue weighted by atomic mass is 10.1. The summed E-state index contributed by atoms with van der Waals surface area (Å²) in [5.41, 5.74) is 0.497. The van der Waals surface area contributed by atoms with Crippen LogP contribution in [-0.2, 0) is 9.53 Å². The van der Waals surface area contributed by atoms with E-state index >= 15 is 0 Å². The van der Waals surface area contributed by atoms with E-state index in [9.17, 15) is 9.18 Å². The molecule has 0 aliphatic carbocycles. The molecule has 0 heterocycles. The summed E-state index contributed by atoms with van der Waals surface area (Å²) < 4.78 is 23.0. The fourth-order valence-electron chi connectivity index (χ4n) is 1.19. The maximum Gasteiger partial charge on any atom is 0.324 e. The first-order valence-corrected chi connectivity index (χ1v) is 5.65. The molecule has 1 unspecified atom stereocenters. The van der Waals surface area contributed by atoms with Crippen LogP contribution in [0.25, 0.3) is 0 Å². The van der Waals surface area contributed by atoms with Gasteiger partial charge in [0.1, 0.15) is 4.83 Å². The van der Waals surface area contributed by atoms with Crippen molar-refractivity contribution >= 4 is 21.9 Å². The van der Waals surface area contributed by atoms with E-state index in [0.29, 0.717) is 12.2 Å². The largest absolute Gasteiger partial charge is 0.494 e. The quantitative estimate of drug-likeness (QED) is 0.632. The molecule has 0 spiro atoms. The molecule has 5 heteroatoms. The highest BCUT2D eigenvalue weighted by molar-refractivity contribution is 9.09. The molecule has 88 valence electrons. The molecule has 0 amide bonds. The first-order chi connectivity index (χ1) is 7.60. The van der Waals surface area contributed by atoms with E-state index in [1.807, 2.05) is 0 Å². The molecule has 0 bridgehead atoms. The number of benzene rings is 1. The number of hydrogen-bond donors (Lipinski definition) is 0. The first kappa shape index (κ1) is 13.0. The van der Waals surface area contributed by atoms with Crippen LogP contribution < -0.4 is 4.74 Å². The van der Waals surface area contributed by atoms with E-state index < -0.39 is 16.6 Å². The highest BCUT2D eigenvalue weighted by Gasteiger charge is 2.19. The van der Waals surface area contributed by atoms with E-state index in [-0.39, 0.29) is 5.75 Å². The van der Waals surface area contributed by atoms with E-state index in [1.165, 1.54) is 19.2 Å². The third-order valence-electron chi connectivity index (χ3n) is 1.96. The Balaban J connectivity index is 2.88. The van der Waals surface area contributed by atoms with Crippen molar-refractivity contribution in [3.8, 4) is 5.75 Å². The molecule has 0 aromatic heterocycles. The Morgan fingerprint density at radius 3 is 2.75 bits per heavy atom. The molecular formula is C11H12BrFO3. The van der Waals surface area contributed by atoms with E-state index in [0.717, 1.165) is 0 Å². The predicted octanol–water partition coefficient (Wildman–Crippen LogP) is 2.83. The number of alkyl halides is 1. The number of carbonyl (C=O) groups excluding carboxylic acids is 1. The molecule has 1 aromatic rings. The lowest BCUT2D eigenvalue weighted by molar-refractivity contribution is -0.142. The fraction of sp³-hybridized carbons (Fsp3) is 0.364. The van der Waals surface area contributed by atoms with E-state index in [4.69, 9.17) is 9.47 Å². The van der Waals surface area contributed by atoms with Gasteiger partial charge in [-0.3, -0.25) is 4.79 Å². The molecule has 0 N–H and O–H groups in total. The second-order valence-electron chi connectivity index (χ2n) is 3.01. The average Bonchev–Trinajstić information content (AvgIpc) is 2.28. The van der Waals surface area contributed by atoms with Crippen LogP contribution in [0.15, 0.2) is 18.2 Å². The van der Waals surface area contributed by atoms with Gasteiger partial charge in [0, 0.05) is 0 Å². The zero-order valence-corrected chi connectivity index (χ0v) is 10.6. The van der Waals surface area contributed by atoms with Crippen LogP contribution in [0, 0.1) is 5.82 Å². The van der Waals surface area contributed by atoms with Crippen molar-refractivity contribution in [1.82, 2.24) is 0 Å². The number of methoxy groups -OCH3 is 1. The van der Waals surface area contributed by atoms with Crippen molar-refractivity contribution < 1.29 is 18.7 Å². The molecule has 0 saturated heterocycles. The molecule has 1 atom stereocenters. The number of hydrogen-bond acceptors (Lipinski definition) is 3. The molecule has 0 radical (unpaired) electrons. The van der Waals surface area contributed by atoms with Crippen molar-refractivity contribution in [2.24, 2.45) is 0 Å². The Morgan fingerprint density at radius 2 is 2.25 bits per heavy atom. The second kappa shape index (κ2) is 5.84. The molecule has 0 aliphatic heterocycles. The number of esters is 1. The summed E-state index contributed by atoms with van der Waals surface area (Å²) in [6, 6.07) is 4.32. The van der Waals surface area contributed by atoms with Gasteiger partial charge < -0.3 is 9.47 Å². The lowest BCUT2D eigenvalue weighted by Gasteiger charge is -2.10. The monoisotopic (exact) mass is 290 g/mol. The summed E-state index contributed by atoms with van der Waals surface area (Å²) in [7, 11) is 1.38. The van der Waals surface area contributed by atoms with Gasteiger partial charge in [0.25, 0.3) is 0 Å². The van der Waals surface area contributed by atoms with Gasteiger partial charge in [-0.2, -0.15) is 0 Å². The zero-order valence-electron chi connectivity index (χ0n) is 9.00. The van der Waals surface area contributed by atoms with Gasteiger partial charge >= 0.3 is 5.97 Å². The molecule has 1 rings (SSSR count). The molecule has 3 nitrogen and oxygen atoms in total. The minimum atomic E-state index is -0.659. The highest BCUT2D eigenvalue weighted by Crippen LogP contribution is 2.28. The Kier molecular flexibility index (Phi) is 4.73. The van der Waals surface area contributed by atoms with Crippen LogP contribution in [0.5, 0.6) is 5.75 Å². The Labute approximate surface area is 102 Å². The molecule has 16 heavy (non-hydrogen) atoms. The average molecular weight is 291 g/mol. The van der Waals surface area contributed by atoms with Gasteiger partial charge in [-0.25, -0.2) is 4.39 Å². The minimum Gasteiger partial charge on any atom is -0.494 e. The highest BCUT2D eigenvalue weighted by atomic mass is 79.9. The molecule has 0 aliphatic rings. The fourth-order valence-corrected chi connectivity index (χ4v) is 1.61. The maximum atomic E-state index is 13.4. The smallest absolute Gasteiger partial charge is 0.324 e. The summed E-state index contributed by atoms with van der Waals surface area (Å²) >= 11 is 3.15. The predicted molar refractivity (Wildman–Crippen MR) is 61.3 cm³/mol. The first-order valence-electron chi connectivity index (χ1n) is 4.74. The Morgan fingerprint density at radius 1 is 1.56 bits per heavy atom. The summed E-state index contributed by atoms with van der Waals surface area (Å²) in [5.74, 6) is -0.798. The van der Waals surface area contributed by atoms with Crippen molar-refractivity contribution in [3.05, 3.63) is 29.6 Å². The molecule has 1 aromatic carbocycles. The maximum absolute atomic E-state index is 13.4. The third-order valence-corrected chi connectivity index (χ3v) is 2.86. The van der Waals surface area contributed by atoms with Crippen molar-refractivity contribution in [2.75, 3.05) is 13.7 Å². The van der Waals surface area contributed by atoms with Gasteiger partial charge in [-0.05, 0) is 24.6 Å². The van der Waals surface area contributed by atoms with Crippen LogP contribution in [0.1, 0.15) is 17.3 Å². The summed E-state index contributed by atoms with van der Waals surface area (Å²) in [5, 5.41) is 0. The third kappa shape index (κ3) is 2.95. The topological polar surface area (TPSA) is 35.5 Å². The zero-order chi connectivity index (χ0) is 12.1. The van der Waals surface area contributed by atoms with Gasteiger partial charge in [0.05, 0.1) is 13.7 Å². The minimum absolute atomic E-state index is 0.146. The summed E-state index contributed by atoms with van der Waals surface area (Å²) in [4.78, 5) is 10.7. The van der Waals surface area contributed by atoms with Crippen molar-refractivity contribution in [2.45, 2.75) is 11.8 Å². The number of carbonyl (C=O) groups is 1. The lowest BCUT2D eigenvalue weighted by Crippen LogP contribution is -2.10. The Hall–Kier alpha value is -1.10. The Bertz CT molecular complexity index is 381. The van der Waals surface area contributed by atoms with Gasteiger partial charge in [-0.1, -0.05) is 22.0 Å². The van der Waals surface area contributed by atoms with Gasteiger partial charge in [-0.15, -0.1) is 0 Å². The summed E-state index contributed by atoms with van der Waals surface area (Å²) in [6.07, 6.45) is 0. The second-order valence-corrected chi connectivity index (χ2v) is 3.92. The van der Waals surface area contributed by atoms with Gasteiger partial charge in [0.2, 0.25) is 0 Å². The number of halogens is 2. The van der Waals surface area contributed by atoms with Crippen LogP contribution in [-0.4, -0.2) is 19.7 Å². The SMILES string of the molecule is CCOC(=O)C(Br)c1ccc(OC)c(F)c1. The number of ether oxygens (including phenoxy) is 2. The van der Waals surface area contributed by atoms with Crippen LogP contribution in [0.2, 0.25) is 0 Å². The van der Waals surface area contributed by atoms with Crippen LogP contribution in [0.3, 0.4) is 0 Å². The normalized spacial score (nSPS) is 12.0. The van der Waals surface area contributed by atoms with E-state index in [1.54, 1.807) is 13.0 Å². The van der Waals surface area contributed by atoms with Crippen molar-refractivity contribution in [3.63, 3.8) is 0 Å². The molecule has 0 fully saturated rings. The van der Waals surface area contributed by atoms with Crippen LogP contribution in [0.4, 0.5) is 4.39 Å². The molecular weight excluding hydrogens is 279 g/mol. The van der Waals surface area contributed by atoms with Crippen LogP contribution >= 0.6 is 15.9 Å². The standard InChI is InChI=1S/C11H12BrFO3/c1-3-16-11(14)10(12)7-4-5-9(15-2)8(13)6-7/h4-6,10H,3H2,1-2H3. The summed E-state index contributed by atoms with van der Waals surface area (Å²) in [6.45, 7) is 2.01. The molecule has 0 saturated carbocycles. The number of rotatable bonds is 4.